The summed E-state index contributed by atoms with van der Waals surface area (Å²) in [6.07, 6.45) is 2.11. The van der Waals surface area contributed by atoms with E-state index in [1.54, 1.807) is 6.21 Å². The van der Waals surface area contributed by atoms with Crippen molar-refractivity contribution < 1.29 is 19.8 Å². The van der Waals surface area contributed by atoms with Crippen molar-refractivity contribution in [3.8, 4) is 0 Å². The second-order valence-corrected chi connectivity index (χ2v) is 4.37. The van der Waals surface area contributed by atoms with E-state index in [-0.39, 0.29) is 25.0 Å². The summed E-state index contributed by atoms with van der Waals surface area (Å²) in [5, 5.41) is 27.1. The van der Waals surface area contributed by atoms with Gasteiger partial charge in [-0.1, -0.05) is 25.9 Å². The van der Waals surface area contributed by atoms with Crippen LogP contribution in [0.4, 0.5) is 0 Å². The van der Waals surface area contributed by atoms with Gasteiger partial charge in [0.25, 0.3) is 5.91 Å². The molecule has 0 aliphatic heterocycles. The number of nitrogens with one attached hydrogen (secondary N) is 2. The predicted molar refractivity (Wildman–Crippen MR) is 84.2 cm³/mol. The molecule has 0 aliphatic rings. The van der Waals surface area contributed by atoms with Gasteiger partial charge in [-0.3, -0.25) is 4.79 Å². The highest BCUT2D eigenvalue weighted by atomic mass is 16.6. The molecule has 0 aliphatic carbocycles. The summed E-state index contributed by atoms with van der Waals surface area (Å²) in [5.41, 5.74) is 0. The SMILES string of the molecule is CC.CNCCNC(=O)CO/N=C/C(C)CCC(O)CO. The van der Waals surface area contributed by atoms with Gasteiger partial charge in [0.1, 0.15) is 0 Å². The molecule has 126 valence electrons. The lowest BCUT2D eigenvalue weighted by atomic mass is 10.0. The minimum Gasteiger partial charge on any atom is -0.394 e. The summed E-state index contributed by atoms with van der Waals surface area (Å²) in [4.78, 5) is 16.1. The molecule has 0 aromatic heterocycles. The number of aliphatic hydroxyl groups excluding tert-OH is 2. The van der Waals surface area contributed by atoms with E-state index in [4.69, 9.17) is 9.94 Å². The van der Waals surface area contributed by atoms with Gasteiger partial charge >= 0.3 is 0 Å². The molecule has 0 bridgehead atoms. The molecule has 4 N–H and O–H groups in total. The standard InChI is InChI=1S/C12H25N3O4.C2H6/c1-10(3-4-11(17)8-16)7-15-19-9-12(18)14-6-5-13-2;1-2/h7,10-11,13,16-17H,3-6,8-9H2,1-2H3,(H,14,18);1-2H3/b15-7+;. The highest BCUT2D eigenvalue weighted by Crippen LogP contribution is 2.05. The third-order valence-electron chi connectivity index (χ3n) is 2.45. The molecule has 0 saturated carbocycles. The lowest BCUT2D eigenvalue weighted by Gasteiger charge is -2.09. The third kappa shape index (κ3) is 16.8. The highest BCUT2D eigenvalue weighted by Gasteiger charge is 2.05. The van der Waals surface area contributed by atoms with E-state index in [2.05, 4.69) is 15.8 Å². The summed E-state index contributed by atoms with van der Waals surface area (Å²) >= 11 is 0. The Labute approximate surface area is 127 Å². The van der Waals surface area contributed by atoms with Crippen molar-refractivity contribution in [1.82, 2.24) is 10.6 Å². The zero-order chi connectivity index (χ0) is 16.5. The molecule has 0 heterocycles. The van der Waals surface area contributed by atoms with Gasteiger partial charge in [0, 0.05) is 19.3 Å². The number of amides is 1. The van der Waals surface area contributed by atoms with Crippen LogP contribution in [0.3, 0.4) is 0 Å². The van der Waals surface area contributed by atoms with Crippen molar-refractivity contribution >= 4 is 12.1 Å². The van der Waals surface area contributed by atoms with Crippen molar-refractivity contribution in [2.45, 2.75) is 39.7 Å². The smallest absolute Gasteiger partial charge is 0.260 e. The number of hydrogen-bond acceptors (Lipinski definition) is 6. The van der Waals surface area contributed by atoms with E-state index in [0.29, 0.717) is 25.9 Å². The van der Waals surface area contributed by atoms with Gasteiger partial charge in [-0.15, -0.1) is 0 Å². The number of likely N-dealkylation sites (N-methyl/N-ethyl adjacent to an activating group) is 1. The molecular formula is C14H31N3O4. The van der Waals surface area contributed by atoms with Crippen LogP contribution in [0.5, 0.6) is 0 Å². The third-order valence-corrected chi connectivity index (χ3v) is 2.45. The molecule has 21 heavy (non-hydrogen) atoms. The minimum absolute atomic E-state index is 0.105. The zero-order valence-corrected chi connectivity index (χ0v) is 13.6. The Kier molecular flexibility index (Phi) is 17.8. The van der Waals surface area contributed by atoms with Crippen LogP contribution in [-0.2, 0) is 9.63 Å². The van der Waals surface area contributed by atoms with Crippen molar-refractivity contribution in [1.29, 1.82) is 0 Å². The summed E-state index contributed by atoms with van der Waals surface area (Å²) in [7, 11) is 1.81. The summed E-state index contributed by atoms with van der Waals surface area (Å²) in [6.45, 7) is 6.85. The van der Waals surface area contributed by atoms with Gasteiger partial charge in [0.15, 0.2) is 6.61 Å². The summed E-state index contributed by atoms with van der Waals surface area (Å²) < 4.78 is 0. The Balaban J connectivity index is 0. The topological polar surface area (TPSA) is 103 Å². The predicted octanol–water partition coefficient (Wildman–Crippen LogP) is 0.120. The Morgan fingerprint density at radius 1 is 1.33 bits per heavy atom. The van der Waals surface area contributed by atoms with Crippen LogP contribution in [0.25, 0.3) is 0 Å². The van der Waals surface area contributed by atoms with Crippen LogP contribution < -0.4 is 10.6 Å². The second-order valence-electron chi connectivity index (χ2n) is 4.37. The Bertz CT molecular complexity index is 263. The van der Waals surface area contributed by atoms with E-state index in [1.807, 2.05) is 27.8 Å². The molecule has 0 aromatic rings. The molecule has 2 unspecified atom stereocenters. The number of aliphatic hydroxyl groups is 2. The van der Waals surface area contributed by atoms with E-state index in [1.165, 1.54) is 0 Å². The van der Waals surface area contributed by atoms with Crippen molar-refractivity contribution in [3.05, 3.63) is 0 Å². The van der Waals surface area contributed by atoms with Gasteiger partial charge in [-0.2, -0.15) is 0 Å². The van der Waals surface area contributed by atoms with Crippen LogP contribution in [0, 0.1) is 5.92 Å². The maximum absolute atomic E-state index is 11.2. The average molecular weight is 305 g/mol. The maximum Gasteiger partial charge on any atom is 0.260 e. The largest absolute Gasteiger partial charge is 0.394 e. The monoisotopic (exact) mass is 305 g/mol. The van der Waals surface area contributed by atoms with E-state index in [9.17, 15) is 9.90 Å². The van der Waals surface area contributed by atoms with Crippen LogP contribution in [0.15, 0.2) is 5.16 Å². The fourth-order valence-corrected chi connectivity index (χ4v) is 1.24. The first kappa shape index (κ1) is 22.1. The van der Waals surface area contributed by atoms with Gasteiger partial charge < -0.3 is 25.7 Å². The number of nitrogens with zero attached hydrogens (tertiary/aromatic N) is 1. The molecule has 0 aromatic carbocycles. The Morgan fingerprint density at radius 2 is 2.00 bits per heavy atom. The number of hydrogen-bond donors (Lipinski definition) is 4. The highest BCUT2D eigenvalue weighted by molar-refractivity contribution is 5.77. The van der Waals surface area contributed by atoms with Gasteiger partial charge in [-0.25, -0.2) is 0 Å². The number of rotatable bonds is 11. The number of carbonyl (C=O) groups excluding carboxylic acids is 1. The summed E-state index contributed by atoms with van der Waals surface area (Å²) in [6, 6.07) is 0. The Morgan fingerprint density at radius 3 is 2.57 bits per heavy atom. The lowest BCUT2D eigenvalue weighted by molar-refractivity contribution is -0.125. The van der Waals surface area contributed by atoms with Gasteiger partial charge in [-0.05, 0) is 25.8 Å². The number of oxime groups is 1. The van der Waals surface area contributed by atoms with E-state index < -0.39 is 6.10 Å². The first-order valence-electron chi connectivity index (χ1n) is 7.45. The molecule has 2 atom stereocenters. The van der Waals surface area contributed by atoms with Crippen LogP contribution in [0.1, 0.15) is 33.6 Å². The molecule has 0 saturated heterocycles. The molecule has 1 amide bonds. The van der Waals surface area contributed by atoms with Crippen LogP contribution >= 0.6 is 0 Å². The molecule has 0 spiro atoms. The van der Waals surface area contributed by atoms with E-state index >= 15 is 0 Å². The second kappa shape index (κ2) is 16.9. The minimum atomic E-state index is -0.685. The average Bonchev–Trinajstić information content (AvgIpc) is 2.51. The quantitative estimate of drug-likeness (QED) is 0.247. The van der Waals surface area contributed by atoms with Crippen molar-refractivity contribution in [2.75, 3.05) is 33.4 Å². The van der Waals surface area contributed by atoms with Gasteiger partial charge in [0.05, 0.1) is 12.7 Å². The molecular weight excluding hydrogens is 274 g/mol. The van der Waals surface area contributed by atoms with Crippen molar-refractivity contribution in [2.24, 2.45) is 11.1 Å². The first-order chi connectivity index (χ1) is 10.1. The van der Waals surface area contributed by atoms with Gasteiger partial charge in [0.2, 0.25) is 0 Å². The molecule has 7 heteroatoms. The molecule has 7 nitrogen and oxygen atoms in total. The molecule has 0 fully saturated rings. The van der Waals surface area contributed by atoms with Crippen LogP contribution in [-0.4, -0.2) is 61.8 Å². The summed E-state index contributed by atoms with van der Waals surface area (Å²) in [5.74, 6) is -0.0932. The van der Waals surface area contributed by atoms with Crippen LogP contribution in [0.2, 0.25) is 0 Å². The fourth-order valence-electron chi connectivity index (χ4n) is 1.24. The molecule has 0 rings (SSSR count). The maximum atomic E-state index is 11.2. The zero-order valence-electron chi connectivity index (χ0n) is 13.6. The first-order valence-corrected chi connectivity index (χ1v) is 7.45. The number of carbonyl (C=O) groups is 1. The van der Waals surface area contributed by atoms with Crippen molar-refractivity contribution in [3.63, 3.8) is 0 Å². The van der Waals surface area contributed by atoms with E-state index in [0.717, 1.165) is 0 Å². The normalized spacial score (nSPS) is 13.2. The molecule has 0 radical (unpaired) electrons. The Hall–Kier alpha value is -1.18. The lowest BCUT2D eigenvalue weighted by Crippen LogP contribution is -2.32. The fraction of sp³-hybridized carbons (Fsp3) is 0.857.